The number of carboxylic acid groups (broad SMARTS) is 1. The number of nitrogens with zero attached hydrogens (tertiary/aromatic N) is 2. The molecule has 76 valence electrons. The second-order valence-electron chi connectivity index (χ2n) is 2.77. The van der Waals surface area contributed by atoms with E-state index in [-0.39, 0.29) is 11.7 Å². The number of rotatable bonds is 4. The van der Waals surface area contributed by atoms with Gasteiger partial charge in [0.15, 0.2) is 5.82 Å². The fourth-order valence-electron chi connectivity index (χ4n) is 1.07. The van der Waals surface area contributed by atoms with E-state index in [1.807, 2.05) is 6.92 Å². The average Bonchev–Trinajstić information content (AvgIpc) is 2.20. The van der Waals surface area contributed by atoms with E-state index in [1.165, 1.54) is 12.4 Å². The van der Waals surface area contributed by atoms with Gasteiger partial charge in [-0.25, -0.2) is 14.8 Å². The fraction of sp³-hybridized carbons (Fsp3) is 0.444. The molecule has 0 aliphatic carbocycles. The zero-order valence-corrected chi connectivity index (χ0v) is 8.10. The van der Waals surface area contributed by atoms with Gasteiger partial charge < -0.3 is 9.84 Å². The van der Waals surface area contributed by atoms with E-state index < -0.39 is 5.97 Å². The molecule has 1 aromatic rings. The van der Waals surface area contributed by atoms with Crippen LogP contribution in [0.1, 0.15) is 35.6 Å². The molecule has 0 aromatic carbocycles. The van der Waals surface area contributed by atoms with Crippen molar-refractivity contribution in [2.24, 2.45) is 0 Å². The van der Waals surface area contributed by atoms with Crippen LogP contribution in [0.25, 0.3) is 0 Å². The van der Waals surface area contributed by atoms with E-state index >= 15 is 0 Å². The third kappa shape index (κ3) is 2.26. The summed E-state index contributed by atoms with van der Waals surface area (Å²) in [7, 11) is 1.57. The van der Waals surface area contributed by atoms with Gasteiger partial charge in [-0.1, -0.05) is 6.92 Å². The van der Waals surface area contributed by atoms with Gasteiger partial charge in [0.1, 0.15) is 6.10 Å². The molecule has 0 saturated heterocycles. The lowest BCUT2D eigenvalue weighted by molar-refractivity contribution is 0.0694. The normalized spacial score (nSPS) is 12.4. The number of ether oxygens (including phenoxy) is 1. The summed E-state index contributed by atoms with van der Waals surface area (Å²) in [6.45, 7) is 1.95. The Morgan fingerprint density at radius 1 is 1.57 bits per heavy atom. The Kier molecular flexibility index (Phi) is 3.53. The lowest BCUT2D eigenvalue weighted by atomic mass is 10.2. The molecule has 1 heterocycles. The molecule has 0 aliphatic heterocycles. The Labute approximate surface area is 81.8 Å². The lowest BCUT2D eigenvalue weighted by Crippen LogP contribution is -2.07. The maximum absolute atomic E-state index is 10.5. The van der Waals surface area contributed by atoms with Gasteiger partial charge in [0.25, 0.3) is 0 Å². The molecule has 0 radical (unpaired) electrons. The molecule has 1 rings (SSSR count). The van der Waals surface area contributed by atoms with E-state index in [1.54, 1.807) is 7.11 Å². The number of carboxylic acids is 1. The maximum atomic E-state index is 10.5. The van der Waals surface area contributed by atoms with Crippen LogP contribution in [0.15, 0.2) is 12.4 Å². The predicted octanol–water partition coefficient (Wildman–Crippen LogP) is 1.27. The summed E-state index contributed by atoms with van der Waals surface area (Å²) >= 11 is 0. The highest BCUT2D eigenvalue weighted by atomic mass is 16.5. The minimum Gasteiger partial charge on any atom is -0.478 e. The second kappa shape index (κ2) is 4.66. The van der Waals surface area contributed by atoms with Gasteiger partial charge in [-0.2, -0.15) is 0 Å². The Bertz CT molecular complexity index is 306. The molecule has 14 heavy (non-hydrogen) atoms. The molecular weight excluding hydrogens is 184 g/mol. The van der Waals surface area contributed by atoms with Crippen LogP contribution in [-0.4, -0.2) is 28.2 Å². The Morgan fingerprint density at radius 3 is 2.50 bits per heavy atom. The minimum absolute atomic E-state index is 0.0831. The highest BCUT2D eigenvalue weighted by Gasteiger charge is 2.12. The topological polar surface area (TPSA) is 72.3 Å². The number of carbonyl (C=O) groups is 1. The number of hydrogen-bond acceptors (Lipinski definition) is 4. The van der Waals surface area contributed by atoms with Crippen LogP contribution < -0.4 is 0 Å². The molecule has 0 spiro atoms. The van der Waals surface area contributed by atoms with Crippen molar-refractivity contribution >= 4 is 5.97 Å². The van der Waals surface area contributed by atoms with Crippen molar-refractivity contribution in [2.75, 3.05) is 7.11 Å². The van der Waals surface area contributed by atoms with E-state index in [2.05, 4.69) is 9.97 Å². The average molecular weight is 196 g/mol. The van der Waals surface area contributed by atoms with E-state index in [4.69, 9.17) is 9.84 Å². The van der Waals surface area contributed by atoms with Crippen LogP contribution in [-0.2, 0) is 4.74 Å². The highest BCUT2D eigenvalue weighted by Crippen LogP contribution is 2.14. The Morgan fingerprint density at radius 2 is 2.14 bits per heavy atom. The smallest absolute Gasteiger partial charge is 0.338 e. The van der Waals surface area contributed by atoms with Crippen molar-refractivity contribution in [1.29, 1.82) is 0 Å². The number of aromatic nitrogens is 2. The molecule has 5 nitrogen and oxygen atoms in total. The lowest BCUT2D eigenvalue weighted by Gasteiger charge is -2.10. The quantitative estimate of drug-likeness (QED) is 0.785. The zero-order chi connectivity index (χ0) is 10.6. The first-order valence-electron chi connectivity index (χ1n) is 4.27. The number of hydrogen-bond donors (Lipinski definition) is 1. The first-order valence-corrected chi connectivity index (χ1v) is 4.27. The van der Waals surface area contributed by atoms with E-state index in [9.17, 15) is 4.79 Å². The monoisotopic (exact) mass is 196 g/mol. The fourth-order valence-corrected chi connectivity index (χ4v) is 1.07. The largest absolute Gasteiger partial charge is 0.478 e. The maximum Gasteiger partial charge on any atom is 0.338 e. The molecule has 1 aromatic heterocycles. The second-order valence-corrected chi connectivity index (χ2v) is 2.77. The molecule has 0 aliphatic rings. The summed E-state index contributed by atoms with van der Waals surface area (Å²) in [6, 6.07) is 0. The van der Waals surface area contributed by atoms with Crippen molar-refractivity contribution in [3.8, 4) is 0 Å². The predicted molar refractivity (Wildman–Crippen MR) is 49.0 cm³/mol. The van der Waals surface area contributed by atoms with Crippen molar-refractivity contribution < 1.29 is 14.6 Å². The molecule has 5 heteroatoms. The summed E-state index contributed by atoms with van der Waals surface area (Å²) in [5.41, 5.74) is 0.0831. The summed E-state index contributed by atoms with van der Waals surface area (Å²) in [5.74, 6) is -0.512. The van der Waals surface area contributed by atoms with Crippen LogP contribution in [0, 0.1) is 0 Å². The van der Waals surface area contributed by atoms with Gasteiger partial charge >= 0.3 is 5.97 Å². The molecule has 0 saturated carbocycles. The first-order chi connectivity index (χ1) is 6.69. The van der Waals surface area contributed by atoms with Crippen LogP contribution in [0.4, 0.5) is 0 Å². The van der Waals surface area contributed by atoms with Crippen LogP contribution >= 0.6 is 0 Å². The SMILES string of the molecule is CCC(OC)c1ncc(C(=O)O)cn1. The molecule has 1 unspecified atom stereocenters. The molecular formula is C9H12N2O3. The van der Waals surface area contributed by atoms with Crippen LogP contribution in [0.5, 0.6) is 0 Å². The third-order valence-electron chi connectivity index (χ3n) is 1.86. The van der Waals surface area contributed by atoms with Crippen molar-refractivity contribution in [1.82, 2.24) is 9.97 Å². The third-order valence-corrected chi connectivity index (χ3v) is 1.86. The van der Waals surface area contributed by atoms with Crippen molar-refractivity contribution in [3.63, 3.8) is 0 Å². The van der Waals surface area contributed by atoms with Gasteiger partial charge in [-0.3, -0.25) is 0 Å². The van der Waals surface area contributed by atoms with Gasteiger partial charge in [-0.15, -0.1) is 0 Å². The molecule has 0 bridgehead atoms. The summed E-state index contributed by atoms with van der Waals surface area (Å²) in [6.07, 6.45) is 3.15. The van der Waals surface area contributed by atoms with Crippen LogP contribution in [0.3, 0.4) is 0 Å². The molecule has 0 amide bonds. The standard InChI is InChI=1S/C9H12N2O3/c1-3-7(14-2)8-10-4-6(5-11-8)9(12)13/h4-5,7H,3H2,1-2H3,(H,12,13). The van der Waals surface area contributed by atoms with Crippen molar-refractivity contribution in [2.45, 2.75) is 19.4 Å². The van der Waals surface area contributed by atoms with Crippen LogP contribution in [0.2, 0.25) is 0 Å². The van der Waals surface area contributed by atoms with Gasteiger partial charge in [0.05, 0.1) is 5.56 Å². The van der Waals surface area contributed by atoms with E-state index in [0.29, 0.717) is 5.82 Å². The zero-order valence-electron chi connectivity index (χ0n) is 8.10. The number of methoxy groups -OCH3 is 1. The summed E-state index contributed by atoms with van der Waals surface area (Å²) in [5, 5.41) is 8.62. The highest BCUT2D eigenvalue weighted by molar-refractivity contribution is 5.86. The molecule has 0 fully saturated rings. The minimum atomic E-state index is -1.03. The van der Waals surface area contributed by atoms with E-state index in [0.717, 1.165) is 6.42 Å². The Balaban J connectivity index is 2.87. The van der Waals surface area contributed by atoms with Gasteiger partial charge in [0.2, 0.25) is 0 Å². The number of aromatic carboxylic acids is 1. The summed E-state index contributed by atoms with van der Waals surface area (Å²) < 4.78 is 5.11. The first kappa shape index (κ1) is 10.6. The molecule has 1 atom stereocenters. The van der Waals surface area contributed by atoms with Crippen molar-refractivity contribution in [3.05, 3.63) is 23.8 Å². The molecule has 1 N–H and O–H groups in total. The summed E-state index contributed by atoms with van der Waals surface area (Å²) in [4.78, 5) is 18.4. The Hall–Kier alpha value is -1.49. The van der Waals surface area contributed by atoms with Gasteiger partial charge in [0, 0.05) is 19.5 Å². The van der Waals surface area contributed by atoms with Gasteiger partial charge in [-0.05, 0) is 6.42 Å².